The molecule has 112 valence electrons. The van der Waals surface area contributed by atoms with Gasteiger partial charge in [0, 0.05) is 18.7 Å². The summed E-state index contributed by atoms with van der Waals surface area (Å²) < 4.78 is 5.24. The van der Waals surface area contributed by atoms with Crippen LogP contribution in [0.2, 0.25) is 0 Å². The number of nitrogens with zero attached hydrogens (tertiary/aromatic N) is 2. The van der Waals surface area contributed by atoms with E-state index in [1.807, 2.05) is 18.2 Å². The van der Waals surface area contributed by atoms with E-state index in [1.165, 1.54) is 0 Å². The fourth-order valence-corrected chi connectivity index (χ4v) is 2.19. The number of anilines is 2. The van der Waals surface area contributed by atoms with Crippen molar-refractivity contribution in [3.8, 4) is 5.75 Å². The lowest BCUT2D eigenvalue weighted by molar-refractivity contribution is 0.414. The van der Waals surface area contributed by atoms with E-state index in [4.69, 9.17) is 4.74 Å². The first-order valence-electron chi connectivity index (χ1n) is 7.23. The van der Waals surface area contributed by atoms with Crippen LogP contribution in [0.3, 0.4) is 0 Å². The second-order valence-corrected chi connectivity index (χ2v) is 4.64. The standard InChI is InChI=1S/C16H22N4O/c1-4-14-15(17-5-2)19-11-20-16(14)18-10-12-7-6-8-13(9-12)21-3/h6-9,11H,4-5,10H2,1-3H3,(H2,17,18,19,20). The van der Waals surface area contributed by atoms with Crippen LogP contribution in [-0.4, -0.2) is 23.6 Å². The minimum absolute atomic E-state index is 0.701. The Bertz CT molecular complexity index is 586. The minimum Gasteiger partial charge on any atom is -0.497 e. The summed E-state index contributed by atoms with van der Waals surface area (Å²) >= 11 is 0. The molecular formula is C16H22N4O. The summed E-state index contributed by atoms with van der Waals surface area (Å²) in [7, 11) is 1.68. The fourth-order valence-electron chi connectivity index (χ4n) is 2.19. The van der Waals surface area contributed by atoms with Crippen molar-refractivity contribution < 1.29 is 4.74 Å². The molecule has 0 aliphatic rings. The SMILES string of the molecule is CCNc1ncnc(NCc2cccc(OC)c2)c1CC. The number of benzene rings is 1. The topological polar surface area (TPSA) is 59.1 Å². The smallest absolute Gasteiger partial charge is 0.134 e. The highest BCUT2D eigenvalue weighted by Crippen LogP contribution is 2.21. The lowest BCUT2D eigenvalue weighted by Gasteiger charge is -2.14. The molecule has 21 heavy (non-hydrogen) atoms. The van der Waals surface area contributed by atoms with E-state index in [0.29, 0.717) is 6.54 Å². The first-order chi connectivity index (χ1) is 10.3. The summed E-state index contributed by atoms with van der Waals surface area (Å²) in [6, 6.07) is 8.01. The first-order valence-corrected chi connectivity index (χ1v) is 7.23. The molecule has 0 aliphatic heterocycles. The summed E-state index contributed by atoms with van der Waals surface area (Å²) in [5.41, 5.74) is 2.27. The number of aromatic nitrogens is 2. The van der Waals surface area contributed by atoms with E-state index >= 15 is 0 Å². The van der Waals surface area contributed by atoms with Crippen LogP contribution < -0.4 is 15.4 Å². The lowest BCUT2D eigenvalue weighted by atomic mass is 10.2. The van der Waals surface area contributed by atoms with Gasteiger partial charge in [0.2, 0.25) is 0 Å². The Kier molecular flexibility index (Phi) is 5.37. The van der Waals surface area contributed by atoms with Gasteiger partial charge in [0.25, 0.3) is 0 Å². The Balaban J connectivity index is 2.13. The van der Waals surface area contributed by atoms with E-state index < -0.39 is 0 Å². The van der Waals surface area contributed by atoms with Gasteiger partial charge in [-0.25, -0.2) is 9.97 Å². The van der Waals surface area contributed by atoms with E-state index in [1.54, 1.807) is 13.4 Å². The molecule has 5 nitrogen and oxygen atoms in total. The summed E-state index contributed by atoms with van der Waals surface area (Å²) in [6.45, 7) is 5.72. The molecule has 2 rings (SSSR count). The van der Waals surface area contributed by atoms with Crippen molar-refractivity contribution in [1.29, 1.82) is 0 Å². The van der Waals surface area contributed by atoms with Gasteiger partial charge in [-0.05, 0) is 31.0 Å². The van der Waals surface area contributed by atoms with Crippen LogP contribution in [0, 0.1) is 0 Å². The Morgan fingerprint density at radius 3 is 2.52 bits per heavy atom. The zero-order valence-corrected chi connectivity index (χ0v) is 12.8. The van der Waals surface area contributed by atoms with Gasteiger partial charge in [-0.3, -0.25) is 0 Å². The maximum absolute atomic E-state index is 5.24. The molecule has 0 saturated carbocycles. The van der Waals surface area contributed by atoms with Crippen LogP contribution in [0.15, 0.2) is 30.6 Å². The van der Waals surface area contributed by atoms with Crippen LogP contribution in [-0.2, 0) is 13.0 Å². The molecule has 1 aromatic heterocycles. The number of nitrogens with one attached hydrogen (secondary N) is 2. The Morgan fingerprint density at radius 2 is 1.86 bits per heavy atom. The molecule has 0 bridgehead atoms. The van der Waals surface area contributed by atoms with E-state index in [2.05, 4.69) is 40.5 Å². The Labute approximate surface area is 125 Å². The normalized spacial score (nSPS) is 10.2. The molecule has 0 aliphatic carbocycles. The van der Waals surface area contributed by atoms with E-state index in [-0.39, 0.29) is 0 Å². The van der Waals surface area contributed by atoms with Crippen molar-refractivity contribution in [3.05, 3.63) is 41.7 Å². The third-order valence-electron chi connectivity index (χ3n) is 3.24. The highest BCUT2D eigenvalue weighted by atomic mass is 16.5. The largest absolute Gasteiger partial charge is 0.497 e. The van der Waals surface area contributed by atoms with Crippen molar-refractivity contribution in [2.75, 3.05) is 24.3 Å². The fraction of sp³-hybridized carbons (Fsp3) is 0.375. The average molecular weight is 286 g/mol. The van der Waals surface area contributed by atoms with Gasteiger partial charge < -0.3 is 15.4 Å². The maximum atomic E-state index is 5.24. The van der Waals surface area contributed by atoms with E-state index in [0.717, 1.165) is 41.5 Å². The highest BCUT2D eigenvalue weighted by Gasteiger charge is 2.08. The zero-order chi connectivity index (χ0) is 15.1. The molecule has 0 spiro atoms. The highest BCUT2D eigenvalue weighted by molar-refractivity contribution is 5.57. The third-order valence-corrected chi connectivity index (χ3v) is 3.24. The van der Waals surface area contributed by atoms with Gasteiger partial charge in [-0.15, -0.1) is 0 Å². The van der Waals surface area contributed by atoms with Crippen molar-refractivity contribution in [2.24, 2.45) is 0 Å². The van der Waals surface area contributed by atoms with Crippen LogP contribution in [0.1, 0.15) is 25.0 Å². The number of hydrogen-bond donors (Lipinski definition) is 2. The quantitative estimate of drug-likeness (QED) is 0.819. The van der Waals surface area contributed by atoms with Crippen LogP contribution in [0.5, 0.6) is 5.75 Å². The zero-order valence-electron chi connectivity index (χ0n) is 12.8. The number of ether oxygens (including phenoxy) is 1. The lowest BCUT2D eigenvalue weighted by Crippen LogP contribution is -2.09. The molecule has 0 amide bonds. The van der Waals surface area contributed by atoms with Crippen LogP contribution in [0.25, 0.3) is 0 Å². The molecule has 0 saturated heterocycles. The Morgan fingerprint density at radius 1 is 1.10 bits per heavy atom. The van der Waals surface area contributed by atoms with Crippen LogP contribution in [0.4, 0.5) is 11.6 Å². The number of hydrogen-bond acceptors (Lipinski definition) is 5. The molecule has 0 atom stereocenters. The molecule has 0 unspecified atom stereocenters. The van der Waals surface area contributed by atoms with Gasteiger partial charge in [0.15, 0.2) is 0 Å². The van der Waals surface area contributed by atoms with Gasteiger partial charge in [0.1, 0.15) is 23.7 Å². The predicted molar refractivity (Wildman–Crippen MR) is 85.9 cm³/mol. The third kappa shape index (κ3) is 3.84. The number of rotatable bonds is 7. The average Bonchev–Trinajstić information content (AvgIpc) is 2.53. The monoisotopic (exact) mass is 286 g/mol. The van der Waals surface area contributed by atoms with Gasteiger partial charge in [0.05, 0.1) is 7.11 Å². The molecule has 2 N–H and O–H groups in total. The molecule has 5 heteroatoms. The second kappa shape index (κ2) is 7.47. The predicted octanol–water partition coefficient (Wildman–Crippen LogP) is 3.09. The van der Waals surface area contributed by atoms with Crippen molar-refractivity contribution in [3.63, 3.8) is 0 Å². The van der Waals surface area contributed by atoms with Gasteiger partial charge >= 0.3 is 0 Å². The second-order valence-electron chi connectivity index (χ2n) is 4.64. The summed E-state index contributed by atoms with van der Waals surface area (Å²) in [5, 5.41) is 6.66. The minimum atomic E-state index is 0.701. The molecule has 2 aromatic rings. The molecule has 0 fully saturated rings. The van der Waals surface area contributed by atoms with Gasteiger partial charge in [-0.1, -0.05) is 19.1 Å². The van der Waals surface area contributed by atoms with Crippen molar-refractivity contribution >= 4 is 11.6 Å². The molecular weight excluding hydrogens is 264 g/mol. The summed E-state index contributed by atoms with van der Waals surface area (Å²) in [5.74, 6) is 2.65. The summed E-state index contributed by atoms with van der Waals surface area (Å²) in [6.07, 6.45) is 2.47. The first kappa shape index (κ1) is 15.1. The molecule has 0 radical (unpaired) electrons. The van der Waals surface area contributed by atoms with Crippen molar-refractivity contribution in [1.82, 2.24) is 9.97 Å². The van der Waals surface area contributed by atoms with E-state index in [9.17, 15) is 0 Å². The molecule has 1 aromatic carbocycles. The number of methoxy groups -OCH3 is 1. The van der Waals surface area contributed by atoms with Crippen LogP contribution >= 0.6 is 0 Å². The maximum Gasteiger partial charge on any atom is 0.134 e. The molecule has 1 heterocycles. The summed E-state index contributed by atoms with van der Waals surface area (Å²) in [4.78, 5) is 8.66. The Hall–Kier alpha value is -2.30. The van der Waals surface area contributed by atoms with Gasteiger partial charge in [-0.2, -0.15) is 0 Å². The van der Waals surface area contributed by atoms with Crippen molar-refractivity contribution in [2.45, 2.75) is 26.8 Å².